The highest BCUT2D eigenvalue weighted by atomic mass is 16.5. The highest BCUT2D eigenvalue weighted by Crippen LogP contribution is 2.20. The summed E-state index contributed by atoms with van der Waals surface area (Å²) in [5.41, 5.74) is 2.99. The molecule has 1 amide bonds. The van der Waals surface area contributed by atoms with Gasteiger partial charge in [-0.1, -0.05) is 17.3 Å². The van der Waals surface area contributed by atoms with E-state index in [1.54, 1.807) is 7.11 Å². The molecule has 3 aromatic rings. The van der Waals surface area contributed by atoms with Crippen LogP contribution in [0.15, 0.2) is 53.1 Å². The number of amides is 1. The maximum absolute atomic E-state index is 12.1. The summed E-state index contributed by atoms with van der Waals surface area (Å²) in [6.45, 7) is 0.468. The molecule has 0 atom stereocenters. The zero-order chi connectivity index (χ0) is 19.9. The number of aromatic nitrogens is 2. The molecular weight excluding hydrogens is 356 g/mol. The van der Waals surface area contributed by atoms with Gasteiger partial charge in [0.15, 0.2) is 0 Å². The fourth-order valence-electron chi connectivity index (χ4n) is 2.64. The first kappa shape index (κ1) is 19.4. The number of rotatable bonds is 8. The Morgan fingerprint density at radius 3 is 2.46 bits per heavy atom. The minimum absolute atomic E-state index is 0.0640. The zero-order valence-electron chi connectivity index (χ0n) is 16.3. The van der Waals surface area contributed by atoms with Gasteiger partial charge in [0.05, 0.1) is 7.11 Å². The van der Waals surface area contributed by atoms with Crippen molar-refractivity contribution in [1.82, 2.24) is 15.5 Å². The molecule has 1 N–H and O–H groups in total. The molecule has 0 aliphatic carbocycles. The van der Waals surface area contributed by atoms with Crippen LogP contribution >= 0.6 is 0 Å². The first-order valence-corrected chi connectivity index (χ1v) is 9.05. The van der Waals surface area contributed by atoms with Crippen molar-refractivity contribution in [1.29, 1.82) is 0 Å². The third kappa shape index (κ3) is 5.09. The first-order chi connectivity index (χ1) is 13.5. The molecule has 0 aliphatic heterocycles. The van der Waals surface area contributed by atoms with Crippen molar-refractivity contribution in [3.05, 3.63) is 60.0 Å². The summed E-state index contributed by atoms with van der Waals surface area (Å²) in [7, 11) is 5.60. The highest BCUT2D eigenvalue weighted by Gasteiger charge is 2.11. The Morgan fingerprint density at radius 1 is 1.11 bits per heavy atom. The standard InChI is InChI=1S/C21H24N4O3/c1-25(2)17-8-6-16(7-9-17)21-23-20(28-24-21)13-12-19(26)22-14-15-4-10-18(27-3)11-5-15/h4-11H,12-14H2,1-3H3,(H,22,26). The molecule has 0 fully saturated rings. The fraction of sp³-hybridized carbons (Fsp3) is 0.286. The lowest BCUT2D eigenvalue weighted by Crippen LogP contribution is -2.23. The molecule has 0 spiro atoms. The summed E-state index contributed by atoms with van der Waals surface area (Å²) < 4.78 is 10.4. The predicted molar refractivity (Wildman–Crippen MR) is 107 cm³/mol. The number of anilines is 1. The third-order valence-electron chi connectivity index (χ3n) is 4.32. The number of nitrogens with zero attached hydrogens (tertiary/aromatic N) is 3. The molecular formula is C21H24N4O3. The summed E-state index contributed by atoms with van der Waals surface area (Å²) in [5.74, 6) is 1.70. The van der Waals surface area contributed by atoms with E-state index in [0.29, 0.717) is 24.7 Å². The van der Waals surface area contributed by atoms with Gasteiger partial charge in [0.25, 0.3) is 0 Å². The zero-order valence-corrected chi connectivity index (χ0v) is 16.3. The van der Waals surface area contributed by atoms with Crippen molar-refractivity contribution >= 4 is 11.6 Å². The van der Waals surface area contributed by atoms with Crippen LogP contribution in [0, 0.1) is 0 Å². The van der Waals surface area contributed by atoms with E-state index in [1.807, 2.05) is 67.5 Å². The molecule has 28 heavy (non-hydrogen) atoms. The number of hydrogen-bond donors (Lipinski definition) is 1. The molecule has 0 unspecified atom stereocenters. The van der Waals surface area contributed by atoms with Crippen LogP contribution < -0.4 is 15.0 Å². The second-order valence-electron chi connectivity index (χ2n) is 6.58. The smallest absolute Gasteiger partial charge is 0.227 e. The van der Waals surface area contributed by atoms with Gasteiger partial charge in [0.1, 0.15) is 5.75 Å². The van der Waals surface area contributed by atoms with Crippen molar-refractivity contribution in [2.24, 2.45) is 0 Å². The molecule has 7 nitrogen and oxygen atoms in total. The highest BCUT2D eigenvalue weighted by molar-refractivity contribution is 5.76. The van der Waals surface area contributed by atoms with Gasteiger partial charge >= 0.3 is 0 Å². The largest absolute Gasteiger partial charge is 0.497 e. The summed E-state index contributed by atoms with van der Waals surface area (Å²) >= 11 is 0. The number of aryl methyl sites for hydroxylation is 1. The van der Waals surface area contributed by atoms with Crippen molar-refractivity contribution in [2.45, 2.75) is 19.4 Å². The Bertz CT molecular complexity index is 902. The summed E-state index contributed by atoms with van der Waals surface area (Å²) in [6.07, 6.45) is 0.689. The lowest BCUT2D eigenvalue weighted by atomic mass is 10.2. The van der Waals surface area contributed by atoms with Gasteiger partial charge in [0, 0.05) is 44.7 Å². The number of carbonyl (C=O) groups excluding carboxylic acids is 1. The van der Waals surface area contributed by atoms with E-state index in [4.69, 9.17) is 9.26 Å². The number of methoxy groups -OCH3 is 1. The number of benzene rings is 2. The molecule has 7 heteroatoms. The van der Waals surface area contributed by atoms with Gasteiger partial charge < -0.3 is 19.5 Å². The molecule has 2 aromatic carbocycles. The molecule has 0 saturated heterocycles. The van der Waals surface area contributed by atoms with E-state index in [9.17, 15) is 4.79 Å². The summed E-state index contributed by atoms with van der Waals surface area (Å²) in [6, 6.07) is 15.5. The fourth-order valence-corrected chi connectivity index (χ4v) is 2.64. The van der Waals surface area contributed by atoms with Gasteiger partial charge in [-0.15, -0.1) is 0 Å². The lowest BCUT2D eigenvalue weighted by molar-refractivity contribution is -0.121. The van der Waals surface area contributed by atoms with Crippen LogP contribution in [-0.2, 0) is 17.8 Å². The minimum atomic E-state index is -0.0640. The Kier molecular flexibility index (Phi) is 6.26. The van der Waals surface area contributed by atoms with Crippen LogP contribution in [0.1, 0.15) is 17.9 Å². The quantitative estimate of drug-likeness (QED) is 0.647. The second kappa shape index (κ2) is 9.03. The Balaban J connectivity index is 1.48. The van der Waals surface area contributed by atoms with Crippen LogP contribution in [0.5, 0.6) is 5.75 Å². The van der Waals surface area contributed by atoms with Crippen molar-refractivity contribution < 1.29 is 14.1 Å². The van der Waals surface area contributed by atoms with Gasteiger partial charge in [-0.2, -0.15) is 4.98 Å². The molecule has 0 aliphatic rings. The Hall–Kier alpha value is -3.35. The van der Waals surface area contributed by atoms with Crippen molar-refractivity contribution in [3.63, 3.8) is 0 Å². The van der Waals surface area contributed by atoms with Gasteiger partial charge in [-0.25, -0.2) is 0 Å². The van der Waals surface area contributed by atoms with E-state index < -0.39 is 0 Å². The van der Waals surface area contributed by atoms with Crippen LogP contribution in [-0.4, -0.2) is 37.3 Å². The number of hydrogen-bond acceptors (Lipinski definition) is 6. The van der Waals surface area contributed by atoms with Crippen LogP contribution in [0.25, 0.3) is 11.4 Å². The van der Waals surface area contributed by atoms with E-state index in [-0.39, 0.29) is 12.3 Å². The maximum Gasteiger partial charge on any atom is 0.227 e. The van der Waals surface area contributed by atoms with E-state index in [2.05, 4.69) is 15.5 Å². The van der Waals surface area contributed by atoms with E-state index in [0.717, 1.165) is 22.6 Å². The number of nitrogens with one attached hydrogen (secondary N) is 1. The van der Waals surface area contributed by atoms with Gasteiger partial charge in [-0.3, -0.25) is 4.79 Å². The second-order valence-corrected chi connectivity index (χ2v) is 6.58. The van der Waals surface area contributed by atoms with Crippen molar-refractivity contribution in [3.8, 4) is 17.1 Å². The SMILES string of the molecule is COc1ccc(CNC(=O)CCc2nc(-c3ccc(N(C)C)cc3)no2)cc1. The predicted octanol–water partition coefficient (Wildman–Crippen LogP) is 3.06. The van der Waals surface area contributed by atoms with Gasteiger partial charge in [-0.05, 0) is 42.0 Å². The molecule has 0 radical (unpaired) electrons. The average molecular weight is 380 g/mol. The van der Waals surface area contributed by atoms with E-state index in [1.165, 1.54) is 0 Å². The monoisotopic (exact) mass is 380 g/mol. The normalized spacial score (nSPS) is 10.5. The molecule has 0 bridgehead atoms. The van der Waals surface area contributed by atoms with Crippen molar-refractivity contribution in [2.75, 3.05) is 26.1 Å². The number of carbonyl (C=O) groups is 1. The Labute approximate surface area is 164 Å². The molecule has 1 aromatic heterocycles. The number of ether oxygens (including phenoxy) is 1. The topological polar surface area (TPSA) is 80.5 Å². The van der Waals surface area contributed by atoms with Crippen LogP contribution in [0.4, 0.5) is 5.69 Å². The summed E-state index contributed by atoms with van der Waals surface area (Å²) in [5, 5.41) is 6.89. The lowest BCUT2D eigenvalue weighted by Gasteiger charge is -2.11. The molecule has 1 heterocycles. The minimum Gasteiger partial charge on any atom is -0.497 e. The summed E-state index contributed by atoms with van der Waals surface area (Å²) in [4.78, 5) is 18.5. The molecule has 0 saturated carbocycles. The average Bonchev–Trinajstić information content (AvgIpc) is 3.20. The maximum atomic E-state index is 12.1. The van der Waals surface area contributed by atoms with Crippen LogP contribution in [0.2, 0.25) is 0 Å². The molecule has 3 rings (SSSR count). The van der Waals surface area contributed by atoms with Gasteiger partial charge in [0.2, 0.25) is 17.6 Å². The van der Waals surface area contributed by atoms with Crippen LogP contribution in [0.3, 0.4) is 0 Å². The third-order valence-corrected chi connectivity index (χ3v) is 4.32. The Morgan fingerprint density at radius 2 is 1.82 bits per heavy atom. The van der Waals surface area contributed by atoms with E-state index >= 15 is 0 Å². The first-order valence-electron chi connectivity index (χ1n) is 9.05. The molecule has 146 valence electrons.